The van der Waals surface area contributed by atoms with Crippen molar-refractivity contribution >= 4 is 16.8 Å². The van der Waals surface area contributed by atoms with Gasteiger partial charge in [-0.15, -0.1) is 0 Å². The molecule has 35 heavy (non-hydrogen) atoms. The average Bonchev–Trinajstić information content (AvgIpc) is 3.68. The zero-order chi connectivity index (χ0) is 23.9. The summed E-state index contributed by atoms with van der Waals surface area (Å²) in [6.45, 7) is 1.86. The van der Waals surface area contributed by atoms with E-state index in [0.717, 1.165) is 12.0 Å². The summed E-state index contributed by atoms with van der Waals surface area (Å²) >= 11 is 0. The molecule has 2 bridgehead atoms. The van der Waals surface area contributed by atoms with Gasteiger partial charge in [0.05, 0.1) is 30.9 Å². The molecule has 0 aliphatic carbocycles. The standard InChI is InChI=1S/C25H23FN4O5/c1-32-6-7-33-22-11-21-18(9-19(22)26)24(28-27-21)23-10-20(29-35-23)14-2-4-15(5-3-14)25(31)30-12-17-8-16(30)13-34-17/h2-5,9-11,16-17H,6-8,12-13H2,1H3,(H,27,28)/t16-,17-/m1/s1. The Bertz CT molecular complexity index is 1380. The van der Waals surface area contributed by atoms with Crippen molar-refractivity contribution in [3.63, 3.8) is 0 Å². The van der Waals surface area contributed by atoms with Gasteiger partial charge < -0.3 is 23.6 Å². The van der Waals surface area contributed by atoms with Gasteiger partial charge in [-0.1, -0.05) is 17.3 Å². The van der Waals surface area contributed by atoms with Crippen LogP contribution in [0.5, 0.6) is 5.75 Å². The highest BCUT2D eigenvalue weighted by Crippen LogP contribution is 2.33. The van der Waals surface area contributed by atoms with Gasteiger partial charge in [0.1, 0.15) is 18.0 Å². The number of aromatic nitrogens is 3. The molecule has 180 valence electrons. The number of carbonyl (C=O) groups excluding carboxylic acids is 1. The highest BCUT2D eigenvalue weighted by Gasteiger charge is 2.41. The molecule has 0 spiro atoms. The molecule has 6 rings (SSSR count). The van der Waals surface area contributed by atoms with E-state index in [9.17, 15) is 9.18 Å². The molecule has 4 aromatic rings. The molecule has 2 fully saturated rings. The minimum absolute atomic E-state index is 0.0174. The number of fused-ring (bicyclic) bond motifs is 3. The van der Waals surface area contributed by atoms with Gasteiger partial charge in [0.15, 0.2) is 17.3 Å². The van der Waals surface area contributed by atoms with Crippen molar-refractivity contribution in [2.45, 2.75) is 18.6 Å². The van der Waals surface area contributed by atoms with Crippen molar-refractivity contribution < 1.29 is 27.9 Å². The van der Waals surface area contributed by atoms with Crippen molar-refractivity contribution in [3.05, 3.63) is 53.8 Å². The Kier molecular flexibility index (Phi) is 5.46. The second-order valence-corrected chi connectivity index (χ2v) is 8.70. The van der Waals surface area contributed by atoms with Crippen LogP contribution in [0.1, 0.15) is 16.8 Å². The van der Waals surface area contributed by atoms with Crippen molar-refractivity contribution in [1.82, 2.24) is 20.3 Å². The summed E-state index contributed by atoms with van der Waals surface area (Å²) in [6, 6.07) is 12.1. The fraction of sp³-hybridized carbons (Fsp3) is 0.320. The molecule has 2 atom stereocenters. The number of aromatic amines is 1. The van der Waals surface area contributed by atoms with E-state index >= 15 is 0 Å². The van der Waals surface area contributed by atoms with E-state index in [1.165, 1.54) is 6.07 Å². The van der Waals surface area contributed by atoms with Gasteiger partial charge in [0.2, 0.25) is 0 Å². The van der Waals surface area contributed by atoms with Gasteiger partial charge in [-0.25, -0.2) is 4.39 Å². The van der Waals surface area contributed by atoms with Gasteiger partial charge in [-0.2, -0.15) is 5.10 Å². The van der Waals surface area contributed by atoms with Crippen LogP contribution in [0.15, 0.2) is 47.0 Å². The average molecular weight is 478 g/mol. The van der Waals surface area contributed by atoms with Crippen LogP contribution >= 0.6 is 0 Å². The maximum absolute atomic E-state index is 14.6. The fourth-order valence-corrected chi connectivity index (χ4v) is 4.67. The molecule has 0 radical (unpaired) electrons. The molecule has 4 heterocycles. The summed E-state index contributed by atoms with van der Waals surface area (Å²) in [5.41, 5.74) is 3.06. The number of hydrogen-bond acceptors (Lipinski definition) is 7. The molecule has 10 heteroatoms. The first-order valence-corrected chi connectivity index (χ1v) is 11.4. The minimum atomic E-state index is -0.506. The molecule has 2 aromatic carbocycles. The minimum Gasteiger partial charge on any atom is -0.488 e. The second-order valence-electron chi connectivity index (χ2n) is 8.70. The first-order valence-electron chi connectivity index (χ1n) is 11.4. The number of rotatable bonds is 7. The number of nitrogens with zero attached hydrogens (tertiary/aromatic N) is 3. The Morgan fingerprint density at radius 1 is 1.23 bits per heavy atom. The van der Waals surface area contributed by atoms with Gasteiger partial charge in [-0.3, -0.25) is 9.89 Å². The van der Waals surface area contributed by atoms with Gasteiger partial charge in [0.25, 0.3) is 5.91 Å². The predicted octanol–water partition coefficient (Wildman–Crippen LogP) is 3.66. The smallest absolute Gasteiger partial charge is 0.254 e. The van der Waals surface area contributed by atoms with E-state index in [1.807, 2.05) is 17.0 Å². The quantitative estimate of drug-likeness (QED) is 0.405. The van der Waals surface area contributed by atoms with Crippen LogP contribution < -0.4 is 4.74 Å². The molecule has 0 unspecified atom stereocenters. The number of carbonyl (C=O) groups is 1. The zero-order valence-corrected chi connectivity index (χ0v) is 19.0. The van der Waals surface area contributed by atoms with E-state index < -0.39 is 5.82 Å². The van der Waals surface area contributed by atoms with Crippen LogP contribution in [0.2, 0.25) is 0 Å². The summed E-state index contributed by atoms with van der Waals surface area (Å²) in [5, 5.41) is 11.9. The number of morpholine rings is 1. The maximum atomic E-state index is 14.6. The lowest BCUT2D eigenvalue weighted by molar-refractivity contribution is 0.0259. The SMILES string of the molecule is COCCOc1cc2[nH]nc(-c3cc(-c4ccc(C(=O)N5C[C@H]6C[C@@H]5CO6)cc4)no3)c2cc1F. The number of amides is 1. The highest BCUT2D eigenvalue weighted by atomic mass is 19.1. The Morgan fingerprint density at radius 3 is 2.83 bits per heavy atom. The van der Waals surface area contributed by atoms with Crippen LogP contribution in [0.4, 0.5) is 4.39 Å². The molecule has 9 nitrogen and oxygen atoms in total. The molecule has 1 N–H and O–H groups in total. The summed E-state index contributed by atoms with van der Waals surface area (Å²) in [5.74, 6) is 0.0247. The van der Waals surface area contributed by atoms with Crippen molar-refractivity contribution in [2.24, 2.45) is 0 Å². The molecular weight excluding hydrogens is 455 g/mol. The van der Waals surface area contributed by atoms with Crippen LogP contribution in [-0.4, -0.2) is 71.8 Å². The van der Waals surface area contributed by atoms with Crippen LogP contribution in [0.3, 0.4) is 0 Å². The maximum Gasteiger partial charge on any atom is 0.254 e. The molecule has 2 saturated heterocycles. The van der Waals surface area contributed by atoms with Crippen LogP contribution in [0, 0.1) is 5.82 Å². The van der Waals surface area contributed by atoms with Crippen LogP contribution in [0.25, 0.3) is 33.6 Å². The second kappa shape index (κ2) is 8.79. The van der Waals surface area contributed by atoms with E-state index in [2.05, 4.69) is 15.4 Å². The van der Waals surface area contributed by atoms with Crippen molar-refractivity contribution in [3.8, 4) is 28.5 Å². The van der Waals surface area contributed by atoms with E-state index in [1.54, 1.807) is 31.4 Å². The number of methoxy groups -OCH3 is 1. The van der Waals surface area contributed by atoms with E-state index in [4.69, 9.17) is 18.7 Å². The molecule has 2 aromatic heterocycles. The lowest BCUT2D eigenvalue weighted by Gasteiger charge is -2.26. The summed E-state index contributed by atoms with van der Waals surface area (Å²) in [7, 11) is 1.55. The Balaban J connectivity index is 1.21. The summed E-state index contributed by atoms with van der Waals surface area (Å²) in [6.07, 6.45) is 1.08. The zero-order valence-electron chi connectivity index (χ0n) is 19.0. The monoisotopic (exact) mass is 478 g/mol. The van der Waals surface area contributed by atoms with Crippen LogP contribution in [-0.2, 0) is 9.47 Å². The largest absolute Gasteiger partial charge is 0.488 e. The highest BCUT2D eigenvalue weighted by molar-refractivity contribution is 5.95. The number of benzene rings is 2. The summed E-state index contributed by atoms with van der Waals surface area (Å²) < 4.78 is 36.0. The number of nitrogens with one attached hydrogen (secondary N) is 1. The van der Waals surface area contributed by atoms with Gasteiger partial charge >= 0.3 is 0 Å². The molecule has 2 aliphatic rings. The number of hydrogen-bond donors (Lipinski definition) is 1. The van der Waals surface area contributed by atoms with Crippen molar-refractivity contribution in [1.29, 1.82) is 0 Å². The molecular formula is C25H23FN4O5. The fourth-order valence-electron chi connectivity index (χ4n) is 4.67. The first kappa shape index (κ1) is 21.8. The lowest BCUT2D eigenvalue weighted by Crippen LogP contribution is -2.41. The third-order valence-electron chi connectivity index (χ3n) is 6.49. The number of halogens is 1. The molecule has 2 aliphatic heterocycles. The normalized spacial score (nSPS) is 19.1. The molecule has 0 saturated carbocycles. The number of H-pyrrole nitrogens is 1. The third kappa shape index (κ3) is 3.94. The third-order valence-corrected chi connectivity index (χ3v) is 6.49. The van der Waals surface area contributed by atoms with E-state index in [-0.39, 0.29) is 30.4 Å². The Hall–Kier alpha value is -3.76. The Morgan fingerprint density at radius 2 is 2.09 bits per heavy atom. The number of likely N-dealkylation sites (tertiary alicyclic amines) is 1. The number of ether oxygens (including phenoxy) is 3. The van der Waals surface area contributed by atoms with E-state index in [0.29, 0.717) is 53.4 Å². The molecule has 1 amide bonds. The predicted molar refractivity (Wildman–Crippen MR) is 124 cm³/mol. The van der Waals surface area contributed by atoms with Gasteiger partial charge in [0, 0.05) is 42.3 Å². The first-order chi connectivity index (χ1) is 17.1. The van der Waals surface area contributed by atoms with Crippen molar-refractivity contribution in [2.75, 3.05) is 33.5 Å². The lowest BCUT2D eigenvalue weighted by atomic mass is 10.1. The Labute approximate surface area is 199 Å². The topological polar surface area (TPSA) is 103 Å². The summed E-state index contributed by atoms with van der Waals surface area (Å²) in [4.78, 5) is 14.8. The van der Waals surface area contributed by atoms with Gasteiger partial charge in [-0.05, 0) is 24.6 Å².